The second-order valence-corrected chi connectivity index (χ2v) is 60.3. The Hall–Kier alpha value is -0.400. The van der Waals surface area contributed by atoms with Gasteiger partial charge in [0.25, 0.3) is 0 Å². The minimum atomic E-state index is -4.94. The van der Waals surface area contributed by atoms with Gasteiger partial charge in [0.2, 0.25) is 0 Å². The van der Waals surface area contributed by atoms with Gasteiger partial charge in [-0.3, -0.25) is 0 Å². The predicted molar refractivity (Wildman–Crippen MR) is 200 cm³/mol. The molecule has 2 unspecified atom stereocenters. The van der Waals surface area contributed by atoms with E-state index in [1.54, 1.807) is 0 Å². The Labute approximate surface area is 280 Å². The Morgan fingerprint density at radius 2 is 0.886 bits per heavy atom. The van der Waals surface area contributed by atoms with Gasteiger partial charge in [-0.25, -0.2) is 0 Å². The predicted octanol–water partition coefficient (Wildman–Crippen LogP) is 13.8. The normalized spacial score (nSPS) is 20.0. The van der Waals surface area contributed by atoms with Crippen molar-refractivity contribution in [3.05, 3.63) is 79.9 Å². The molecular weight excluding hydrogens is 671 g/mol. The molecule has 4 rings (SSSR count). The van der Waals surface area contributed by atoms with E-state index in [-0.39, 0.29) is 18.1 Å². The molecule has 2 aliphatic rings. The maximum atomic E-state index is 8.88. The van der Waals surface area contributed by atoms with E-state index >= 15 is 0 Å². The number of hydrogen-bond acceptors (Lipinski definition) is 0. The molecule has 0 bridgehead atoms. The first-order valence-electron chi connectivity index (χ1n) is 17.3. The third-order valence-corrected chi connectivity index (χ3v) is 62.4. The van der Waals surface area contributed by atoms with Gasteiger partial charge in [0.15, 0.2) is 0 Å². The van der Waals surface area contributed by atoms with Crippen molar-refractivity contribution in [1.82, 2.24) is 0 Å². The van der Waals surface area contributed by atoms with Crippen molar-refractivity contribution in [2.75, 3.05) is 0 Å². The van der Waals surface area contributed by atoms with E-state index in [2.05, 4.69) is 146 Å². The molecule has 4 heteroatoms. The molecule has 0 radical (unpaired) electrons. The van der Waals surface area contributed by atoms with Crippen LogP contribution < -0.4 is 0 Å². The van der Waals surface area contributed by atoms with Crippen molar-refractivity contribution >= 4 is 35.1 Å². The fourth-order valence-corrected chi connectivity index (χ4v) is 39.4. The molecule has 44 heavy (non-hydrogen) atoms. The molecule has 2 atom stereocenters. The number of fused-ring (bicyclic) bond motifs is 2. The second kappa shape index (κ2) is 11.9. The number of benzene rings is 2. The fraction of sp³-hybridized carbons (Fsp3) is 0.600. The van der Waals surface area contributed by atoms with E-state index < -0.39 is 21.5 Å². The zero-order valence-electron chi connectivity index (χ0n) is 30.8. The van der Waals surface area contributed by atoms with Gasteiger partial charge in [-0.2, -0.15) is 0 Å². The van der Waals surface area contributed by atoms with Gasteiger partial charge in [0.05, 0.1) is 0 Å². The van der Waals surface area contributed by atoms with Crippen molar-refractivity contribution < 1.29 is 15.6 Å². The third-order valence-electron chi connectivity index (χ3n) is 10.9. The Kier molecular flexibility index (Phi) is 9.88. The van der Waals surface area contributed by atoms with Gasteiger partial charge in [0.1, 0.15) is 0 Å². The van der Waals surface area contributed by atoms with Crippen LogP contribution in [0.2, 0.25) is 13.1 Å². The zero-order valence-corrected chi connectivity index (χ0v) is 35.9. The topological polar surface area (TPSA) is 0 Å². The fourth-order valence-electron chi connectivity index (χ4n) is 8.01. The maximum absolute atomic E-state index is 8.88. The summed E-state index contributed by atoms with van der Waals surface area (Å²) in [5, 5.41) is 0. The first-order chi connectivity index (χ1) is 19.9. The molecule has 243 valence electrons. The number of hydrogen-bond donors (Lipinski definition) is 0. The molecule has 0 saturated heterocycles. The van der Waals surface area contributed by atoms with Crippen molar-refractivity contribution in [1.29, 1.82) is 0 Å². The van der Waals surface area contributed by atoms with Crippen LogP contribution >= 0.6 is 17.0 Å². The van der Waals surface area contributed by atoms with Crippen LogP contribution in [0.1, 0.15) is 172 Å². The van der Waals surface area contributed by atoms with E-state index in [0.717, 1.165) is 0 Å². The number of rotatable bonds is 7. The van der Waals surface area contributed by atoms with Gasteiger partial charge < -0.3 is 0 Å². The van der Waals surface area contributed by atoms with Crippen LogP contribution in [0.15, 0.2) is 35.4 Å². The van der Waals surface area contributed by atoms with Crippen LogP contribution in [0.25, 0.3) is 12.2 Å². The summed E-state index contributed by atoms with van der Waals surface area (Å²) in [4.78, 5) is 0. The van der Waals surface area contributed by atoms with Gasteiger partial charge in [-0.15, -0.1) is 0 Å². The van der Waals surface area contributed by atoms with Gasteiger partial charge in [-0.05, 0) is 0 Å². The molecule has 0 N–H and O–H groups in total. The van der Waals surface area contributed by atoms with E-state index in [4.69, 9.17) is 17.0 Å². The molecule has 2 aromatic carbocycles. The average molecular weight is 732 g/mol. The van der Waals surface area contributed by atoms with E-state index in [0.29, 0.717) is 23.7 Å². The second-order valence-electron chi connectivity index (χ2n) is 17.8. The average Bonchev–Trinajstić information content (AvgIpc) is 3.47. The molecule has 0 amide bonds. The number of allylic oxidation sites excluding steroid dienone is 2. The first-order valence-corrected chi connectivity index (χ1v) is 33.6. The molecule has 2 aliphatic carbocycles. The summed E-state index contributed by atoms with van der Waals surface area (Å²) < 4.78 is 0.203. The first kappa shape index (κ1) is 36.4. The Balaban J connectivity index is 2.21. The quantitative estimate of drug-likeness (QED) is 0.249. The summed E-state index contributed by atoms with van der Waals surface area (Å²) in [6.45, 7) is 38.0. The molecular formula is C40H61Cl2SiZr. The SMILES string of the molecule is CC(C)c1cc(C(C)C)c2c(c1)[CH]([Zr]([Cl])([Cl])([CH]1C(C(C)(C)C)=Cc3c(C(C)C)cc(C(C)C)cc31)[SiH](C)C)C(C(C)(C)C)=C2. The van der Waals surface area contributed by atoms with Gasteiger partial charge in [-0.1, -0.05) is 0 Å². The molecule has 0 saturated carbocycles. The van der Waals surface area contributed by atoms with Crippen LogP contribution in [0.4, 0.5) is 0 Å². The van der Waals surface area contributed by atoms with E-state index in [1.165, 1.54) is 55.7 Å². The molecule has 2 aromatic rings. The van der Waals surface area contributed by atoms with Crippen LogP contribution in [0.5, 0.6) is 0 Å². The van der Waals surface area contributed by atoms with Crippen molar-refractivity contribution in [3.8, 4) is 0 Å². The molecule has 0 aliphatic heterocycles. The van der Waals surface area contributed by atoms with Crippen LogP contribution in [-0.4, -0.2) is 5.92 Å². The van der Waals surface area contributed by atoms with Gasteiger partial charge >= 0.3 is 282 Å². The van der Waals surface area contributed by atoms with Crippen molar-refractivity contribution in [2.45, 2.75) is 141 Å². The monoisotopic (exact) mass is 729 g/mol. The molecule has 0 aromatic heterocycles. The summed E-state index contributed by atoms with van der Waals surface area (Å²) in [6.07, 6.45) is 5.10. The summed E-state index contributed by atoms with van der Waals surface area (Å²) in [5.74, 6) is 0.0870. The number of halogens is 2. The van der Waals surface area contributed by atoms with Crippen LogP contribution in [0, 0.1) is 10.8 Å². The van der Waals surface area contributed by atoms with Crippen LogP contribution in [-0.2, 0) is 15.6 Å². The van der Waals surface area contributed by atoms with E-state index in [9.17, 15) is 0 Å². The zero-order chi connectivity index (χ0) is 33.5. The minimum absolute atomic E-state index is 0.0476. The standard InChI is InChI=1S/2C19H27.C2H7Si.2ClH.Zr/c2*1-12(2)14-8-15-9-16(19(5,6)7)11-18(15)17(10-14)13(3)4;1-3-2;;;/h2*8-13H,1-7H3;3H,1-2H3;2*1H;/q;;;;;+2/p-2. The Morgan fingerprint density at radius 1 is 0.568 bits per heavy atom. The summed E-state index contributed by atoms with van der Waals surface area (Å²) in [7, 11) is 17.8. The molecule has 0 nitrogen and oxygen atoms in total. The van der Waals surface area contributed by atoms with Crippen LogP contribution in [0.3, 0.4) is 0 Å². The van der Waals surface area contributed by atoms with Crippen molar-refractivity contribution in [2.24, 2.45) is 10.8 Å². The third kappa shape index (κ3) is 5.92. The van der Waals surface area contributed by atoms with E-state index in [1.807, 2.05) is 0 Å². The Bertz CT molecular complexity index is 1400. The molecule has 0 spiro atoms. The summed E-state index contributed by atoms with van der Waals surface area (Å²) in [5.41, 5.74) is 14.3. The summed E-state index contributed by atoms with van der Waals surface area (Å²) in [6, 6.07) is 10.0. The summed E-state index contributed by atoms with van der Waals surface area (Å²) >= 11 is -4.94. The van der Waals surface area contributed by atoms with Gasteiger partial charge in [0, 0.05) is 0 Å². The molecule has 0 fully saturated rings. The molecule has 0 heterocycles. The van der Waals surface area contributed by atoms with Crippen molar-refractivity contribution in [3.63, 3.8) is 0 Å². The Morgan fingerprint density at radius 3 is 1.11 bits per heavy atom.